The van der Waals surface area contributed by atoms with Gasteiger partial charge in [0.15, 0.2) is 0 Å². The van der Waals surface area contributed by atoms with Crippen molar-refractivity contribution in [2.75, 3.05) is 25.0 Å². The first-order chi connectivity index (χ1) is 10.1. The van der Waals surface area contributed by atoms with Crippen molar-refractivity contribution in [3.05, 3.63) is 28.2 Å². The molecular weight excluding hydrogens is 309 g/mol. The summed E-state index contributed by atoms with van der Waals surface area (Å²) < 4.78 is 0. The van der Waals surface area contributed by atoms with Crippen molar-refractivity contribution in [1.82, 2.24) is 10.2 Å². The molecule has 0 radical (unpaired) electrons. The van der Waals surface area contributed by atoms with Gasteiger partial charge in [0.1, 0.15) is 0 Å². The molecule has 1 aromatic rings. The smallest absolute Gasteiger partial charge is 0.321 e. The van der Waals surface area contributed by atoms with E-state index in [0.29, 0.717) is 21.8 Å². The fourth-order valence-corrected chi connectivity index (χ4v) is 3.08. The maximum atomic E-state index is 12.4. The molecule has 0 aromatic heterocycles. The highest BCUT2D eigenvalue weighted by molar-refractivity contribution is 6.35. The van der Waals surface area contributed by atoms with E-state index in [0.717, 1.165) is 32.5 Å². The van der Waals surface area contributed by atoms with E-state index in [9.17, 15) is 4.79 Å². The third-order valence-electron chi connectivity index (χ3n) is 3.50. The van der Waals surface area contributed by atoms with Gasteiger partial charge in [-0.3, -0.25) is 0 Å². The molecule has 1 aromatic carbocycles. The summed E-state index contributed by atoms with van der Waals surface area (Å²) >= 11 is 11.9. The second-order valence-electron chi connectivity index (χ2n) is 5.33. The average Bonchev–Trinajstić information content (AvgIpc) is 2.89. The Hall–Kier alpha value is -0.970. The van der Waals surface area contributed by atoms with E-state index in [1.165, 1.54) is 6.42 Å². The van der Waals surface area contributed by atoms with Crippen molar-refractivity contribution in [3.8, 4) is 0 Å². The van der Waals surface area contributed by atoms with Gasteiger partial charge in [-0.05, 0) is 44.0 Å². The van der Waals surface area contributed by atoms with Crippen molar-refractivity contribution in [3.63, 3.8) is 0 Å². The van der Waals surface area contributed by atoms with Crippen molar-refractivity contribution in [1.29, 1.82) is 0 Å². The molecule has 6 heteroatoms. The van der Waals surface area contributed by atoms with Gasteiger partial charge in [-0.25, -0.2) is 4.79 Å². The monoisotopic (exact) mass is 329 g/mol. The molecule has 2 N–H and O–H groups in total. The molecular formula is C15H21Cl2N3O. The van der Waals surface area contributed by atoms with Gasteiger partial charge in [-0.15, -0.1) is 0 Å². The summed E-state index contributed by atoms with van der Waals surface area (Å²) in [5, 5.41) is 7.31. The lowest BCUT2D eigenvalue weighted by Gasteiger charge is -2.25. The Balaban J connectivity index is 1.99. The lowest BCUT2D eigenvalue weighted by molar-refractivity contribution is 0.206. The molecule has 0 bridgehead atoms. The van der Waals surface area contributed by atoms with Crippen LogP contribution in [0.1, 0.15) is 26.2 Å². The third kappa shape index (κ3) is 5.06. The summed E-state index contributed by atoms with van der Waals surface area (Å²) in [6.45, 7) is 4.57. The summed E-state index contributed by atoms with van der Waals surface area (Å²) in [7, 11) is 0. The number of nitrogens with one attached hydrogen (secondary N) is 2. The molecule has 1 heterocycles. The van der Waals surface area contributed by atoms with Gasteiger partial charge in [0, 0.05) is 34.9 Å². The zero-order valence-electron chi connectivity index (χ0n) is 12.2. The number of urea groups is 1. The molecule has 1 fully saturated rings. The molecule has 1 atom stereocenters. The lowest BCUT2D eigenvalue weighted by Crippen LogP contribution is -2.43. The van der Waals surface area contributed by atoms with Crippen LogP contribution in [0.3, 0.4) is 0 Å². The number of carbonyl (C=O) groups excluding carboxylic acids is 1. The van der Waals surface area contributed by atoms with E-state index in [1.54, 1.807) is 18.2 Å². The highest BCUT2D eigenvalue weighted by Gasteiger charge is 2.21. The summed E-state index contributed by atoms with van der Waals surface area (Å²) in [6.07, 6.45) is 3.23. The molecule has 1 aliphatic heterocycles. The molecule has 0 aliphatic carbocycles. The summed E-state index contributed by atoms with van der Waals surface area (Å²) in [5.74, 6) is 0. The lowest BCUT2D eigenvalue weighted by atomic mass is 10.2. The van der Waals surface area contributed by atoms with Crippen molar-refractivity contribution < 1.29 is 4.79 Å². The zero-order valence-corrected chi connectivity index (χ0v) is 13.7. The average molecular weight is 330 g/mol. The molecule has 0 spiro atoms. The van der Waals surface area contributed by atoms with E-state index in [2.05, 4.69) is 17.6 Å². The van der Waals surface area contributed by atoms with Crippen LogP contribution in [0.25, 0.3) is 0 Å². The Morgan fingerprint density at radius 1 is 1.38 bits per heavy atom. The predicted octanol–water partition coefficient (Wildman–Crippen LogP) is 3.99. The highest BCUT2D eigenvalue weighted by atomic mass is 35.5. The Morgan fingerprint density at radius 3 is 2.67 bits per heavy atom. The number of hydrogen-bond donors (Lipinski definition) is 2. The quantitative estimate of drug-likeness (QED) is 0.857. The number of carbonyl (C=O) groups is 1. The standard InChI is InChI=1S/C15H21Cl2N3O/c1-2-6-20(10-13-4-3-5-18-13)15(21)19-14-8-11(16)7-12(17)9-14/h7-9,13,18H,2-6,10H2,1H3,(H,19,21). The molecule has 2 rings (SSSR count). The molecule has 4 nitrogen and oxygen atoms in total. The SMILES string of the molecule is CCCN(CC1CCCN1)C(=O)Nc1cc(Cl)cc(Cl)c1. The molecule has 21 heavy (non-hydrogen) atoms. The zero-order chi connectivity index (χ0) is 15.2. The van der Waals surface area contributed by atoms with Gasteiger partial charge in [-0.2, -0.15) is 0 Å². The van der Waals surface area contributed by atoms with Crippen LogP contribution in [0.15, 0.2) is 18.2 Å². The first kappa shape index (κ1) is 16.4. The Labute approximate surface area is 135 Å². The number of nitrogens with zero attached hydrogens (tertiary/aromatic N) is 1. The molecule has 116 valence electrons. The van der Waals surface area contributed by atoms with Crippen LogP contribution < -0.4 is 10.6 Å². The maximum Gasteiger partial charge on any atom is 0.321 e. The van der Waals surface area contributed by atoms with Crippen molar-refractivity contribution in [2.45, 2.75) is 32.2 Å². The molecule has 0 saturated carbocycles. The number of anilines is 1. The van der Waals surface area contributed by atoms with Crippen LogP contribution in [0.4, 0.5) is 10.5 Å². The van der Waals surface area contributed by atoms with Crippen LogP contribution in [0, 0.1) is 0 Å². The van der Waals surface area contributed by atoms with Crippen LogP contribution in [-0.2, 0) is 0 Å². The maximum absolute atomic E-state index is 12.4. The largest absolute Gasteiger partial charge is 0.323 e. The second-order valence-corrected chi connectivity index (χ2v) is 6.20. The van der Waals surface area contributed by atoms with E-state index in [4.69, 9.17) is 23.2 Å². The van der Waals surface area contributed by atoms with Crippen LogP contribution in [-0.4, -0.2) is 36.6 Å². The Morgan fingerprint density at radius 2 is 2.10 bits per heavy atom. The molecule has 1 saturated heterocycles. The molecule has 2 amide bonds. The van der Waals surface area contributed by atoms with Gasteiger partial charge < -0.3 is 15.5 Å². The van der Waals surface area contributed by atoms with Gasteiger partial charge in [0.25, 0.3) is 0 Å². The minimum Gasteiger partial charge on any atom is -0.323 e. The second kappa shape index (κ2) is 7.87. The van der Waals surface area contributed by atoms with Crippen LogP contribution in [0.2, 0.25) is 10.0 Å². The van der Waals surface area contributed by atoms with Gasteiger partial charge in [-0.1, -0.05) is 30.1 Å². The first-order valence-corrected chi connectivity index (χ1v) is 8.09. The van der Waals surface area contributed by atoms with E-state index < -0.39 is 0 Å². The first-order valence-electron chi connectivity index (χ1n) is 7.34. The number of halogens is 2. The Bertz CT molecular complexity index is 470. The topological polar surface area (TPSA) is 44.4 Å². The van der Waals surface area contributed by atoms with Gasteiger partial charge in [0.2, 0.25) is 0 Å². The van der Waals surface area contributed by atoms with Crippen molar-refractivity contribution >= 4 is 34.9 Å². The third-order valence-corrected chi connectivity index (χ3v) is 3.93. The van der Waals surface area contributed by atoms with Crippen molar-refractivity contribution in [2.24, 2.45) is 0 Å². The highest BCUT2D eigenvalue weighted by Crippen LogP contribution is 2.22. The van der Waals surface area contributed by atoms with Crippen LogP contribution >= 0.6 is 23.2 Å². The number of amides is 2. The molecule has 1 aliphatic rings. The molecule has 1 unspecified atom stereocenters. The number of hydrogen-bond acceptors (Lipinski definition) is 2. The summed E-state index contributed by atoms with van der Waals surface area (Å²) in [5.41, 5.74) is 0.623. The number of benzene rings is 1. The minimum absolute atomic E-state index is 0.108. The fourth-order valence-electron chi connectivity index (χ4n) is 2.55. The van der Waals surface area contributed by atoms with Gasteiger partial charge >= 0.3 is 6.03 Å². The van der Waals surface area contributed by atoms with Crippen LogP contribution in [0.5, 0.6) is 0 Å². The minimum atomic E-state index is -0.108. The summed E-state index contributed by atoms with van der Waals surface area (Å²) in [6, 6.07) is 5.33. The normalized spacial score (nSPS) is 17.8. The predicted molar refractivity (Wildman–Crippen MR) is 88.4 cm³/mol. The Kier molecular flexibility index (Phi) is 6.15. The van der Waals surface area contributed by atoms with Gasteiger partial charge in [0.05, 0.1) is 0 Å². The van der Waals surface area contributed by atoms with E-state index in [1.807, 2.05) is 4.90 Å². The summed E-state index contributed by atoms with van der Waals surface area (Å²) in [4.78, 5) is 14.3. The fraction of sp³-hybridized carbons (Fsp3) is 0.533. The number of rotatable bonds is 5. The van der Waals surface area contributed by atoms with E-state index in [-0.39, 0.29) is 6.03 Å². The van der Waals surface area contributed by atoms with E-state index >= 15 is 0 Å².